The van der Waals surface area contributed by atoms with Crippen LogP contribution in [0, 0.1) is 0 Å². The number of amides is 1. The van der Waals surface area contributed by atoms with Gasteiger partial charge in [-0.15, -0.1) is 0 Å². The van der Waals surface area contributed by atoms with E-state index in [-0.39, 0.29) is 5.91 Å². The zero-order valence-electron chi connectivity index (χ0n) is 9.20. The van der Waals surface area contributed by atoms with Crippen LogP contribution in [0.5, 0.6) is 0 Å². The van der Waals surface area contributed by atoms with Gasteiger partial charge in [-0.05, 0) is 22.0 Å². The third-order valence-electron chi connectivity index (χ3n) is 2.05. The molecule has 0 bridgehead atoms. The lowest BCUT2D eigenvalue weighted by Gasteiger charge is -2.06. The molecule has 0 spiro atoms. The zero-order chi connectivity index (χ0) is 13.1. The van der Waals surface area contributed by atoms with Gasteiger partial charge in [-0.3, -0.25) is 10.1 Å². The molecule has 0 aliphatic carbocycles. The lowest BCUT2D eigenvalue weighted by Crippen LogP contribution is -2.13. The zero-order valence-corrected chi connectivity index (χ0v) is 12.4. The van der Waals surface area contributed by atoms with Crippen LogP contribution >= 0.6 is 38.9 Å². The number of hydrogen-bond donors (Lipinski definition) is 2. The van der Waals surface area contributed by atoms with Crippen LogP contribution < -0.4 is 10.6 Å². The monoisotopic (exact) mass is 346 g/mol. The van der Waals surface area contributed by atoms with E-state index in [1.807, 2.05) is 0 Å². The Kier molecular flexibility index (Phi) is 4.15. The Hall–Kier alpha value is -1.18. The van der Waals surface area contributed by atoms with E-state index in [0.29, 0.717) is 21.5 Å². The fourth-order valence-corrected chi connectivity index (χ4v) is 2.52. The smallest absolute Gasteiger partial charge is 0.259 e. The van der Waals surface area contributed by atoms with Gasteiger partial charge in [0.25, 0.3) is 5.91 Å². The van der Waals surface area contributed by atoms with Gasteiger partial charge < -0.3 is 5.32 Å². The number of pyridine rings is 1. The fourth-order valence-electron chi connectivity index (χ4n) is 1.23. The largest absolute Gasteiger partial charge is 0.373 e. The number of nitrogens with one attached hydrogen (secondary N) is 2. The average Bonchev–Trinajstić information content (AvgIpc) is 2.75. The van der Waals surface area contributed by atoms with Gasteiger partial charge in [0.05, 0.1) is 20.6 Å². The molecule has 94 valence electrons. The second-order valence-corrected chi connectivity index (χ2v) is 6.04. The molecular formula is C10H8BrClN4OS. The predicted molar refractivity (Wildman–Crippen MR) is 76.6 cm³/mol. The molecule has 18 heavy (non-hydrogen) atoms. The van der Waals surface area contributed by atoms with Crippen LogP contribution in [-0.4, -0.2) is 22.9 Å². The number of carbonyl (C=O) groups is 1. The van der Waals surface area contributed by atoms with E-state index in [1.165, 1.54) is 17.5 Å². The molecule has 0 fully saturated rings. The summed E-state index contributed by atoms with van der Waals surface area (Å²) in [5.74, 6) is 0.255. The first-order valence-electron chi connectivity index (χ1n) is 4.86. The Bertz CT molecular complexity index is 589. The molecule has 0 unspecified atom stereocenters. The number of thiazole rings is 1. The minimum atomic E-state index is -0.319. The second-order valence-electron chi connectivity index (χ2n) is 3.22. The highest BCUT2D eigenvalue weighted by Crippen LogP contribution is 2.25. The summed E-state index contributed by atoms with van der Waals surface area (Å²) in [6.07, 6.45) is 3.05. The summed E-state index contributed by atoms with van der Waals surface area (Å²) in [5.41, 5.74) is 0.349. The van der Waals surface area contributed by atoms with Gasteiger partial charge in [-0.1, -0.05) is 22.9 Å². The van der Waals surface area contributed by atoms with Gasteiger partial charge in [0.15, 0.2) is 5.13 Å². The Morgan fingerprint density at radius 3 is 2.83 bits per heavy atom. The Morgan fingerprint density at radius 2 is 2.22 bits per heavy atom. The number of halogens is 2. The maximum Gasteiger partial charge on any atom is 0.259 e. The molecular weight excluding hydrogens is 340 g/mol. The van der Waals surface area contributed by atoms with Crippen molar-refractivity contribution in [2.24, 2.45) is 0 Å². The molecule has 0 saturated carbocycles. The lowest BCUT2D eigenvalue weighted by atomic mass is 10.2. The first-order valence-corrected chi connectivity index (χ1v) is 6.85. The molecule has 2 aromatic rings. The van der Waals surface area contributed by atoms with Gasteiger partial charge in [-0.25, -0.2) is 9.97 Å². The van der Waals surface area contributed by atoms with E-state index >= 15 is 0 Å². The molecule has 2 heterocycles. The van der Waals surface area contributed by atoms with Crippen molar-refractivity contribution in [3.63, 3.8) is 0 Å². The molecule has 1 amide bonds. The summed E-state index contributed by atoms with van der Waals surface area (Å²) in [5, 5.41) is 6.32. The molecule has 8 heteroatoms. The molecule has 0 atom stereocenters. The topological polar surface area (TPSA) is 66.9 Å². The summed E-state index contributed by atoms with van der Waals surface area (Å²) in [7, 11) is 1.72. The van der Waals surface area contributed by atoms with Crippen LogP contribution in [0.4, 0.5) is 10.9 Å². The van der Waals surface area contributed by atoms with Gasteiger partial charge >= 0.3 is 0 Å². The fraction of sp³-hybridized carbons (Fsp3) is 0.100. The van der Waals surface area contributed by atoms with Crippen molar-refractivity contribution in [3.8, 4) is 0 Å². The minimum absolute atomic E-state index is 0.294. The van der Waals surface area contributed by atoms with Crippen molar-refractivity contribution in [2.75, 3.05) is 17.7 Å². The van der Waals surface area contributed by atoms with Gasteiger partial charge in [0.1, 0.15) is 5.82 Å². The van der Waals surface area contributed by atoms with Gasteiger partial charge in [0.2, 0.25) is 0 Å². The SMILES string of the molecule is CNc1cc(C(=O)Nc2ncc(Br)s2)c(Cl)cn1. The highest BCUT2D eigenvalue weighted by molar-refractivity contribution is 9.11. The first-order chi connectivity index (χ1) is 8.60. The lowest BCUT2D eigenvalue weighted by molar-refractivity contribution is 0.102. The number of hydrogen-bond acceptors (Lipinski definition) is 5. The third-order valence-corrected chi connectivity index (χ3v) is 3.75. The maximum atomic E-state index is 12.0. The molecule has 5 nitrogen and oxygen atoms in total. The number of nitrogens with zero attached hydrogens (tertiary/aromatic N) is 2. The average molecular weight is 348 g/mol. The summed E-state index contributed by atoms with van der Waals surface area (Å²) in [6.45, 7) is 0. The molecule has 2 N–H and O–H groups in total. The Labute approximate surface area is 121 Å². The highest BCUT2D eigenvalue weighted by atomic mass is 79.9. The van der Waals surface area contributed by atoms with E-state index in [1.54, 1.807) is 19.3 Å². The van der Waals surface area contributed by atoms with Crippen molar-refractivity contribution in [1.29, 1.82) is 0 Å². The summed E-state index contributed by atoms with van der Waals surface area (Å²) in [6, 6.07) is 1.58. The molecule has 0 saturated heterocycles. The first kappa shape index (κ1) is 13.3. The molecule has 0 aliphatic rings. The van der Waals surface area contributed by atoms with Crippen molar-refractivity contribution in [1.82, 2.24) is 9.97 Å². The normalized spacial score (nSPS) is 10.2. The van der Waals surface area contributed by atoms with Crippen molar-refractivity contribution in [2.45, 2.75) is 0 Å². The number of anilines is 2. The maximum absolute atomic E-state index is 12.0. The van der Waals surface area contributed by atoms with E-state index in [2.05, 4.69) is 36.5 Å². The van der Waals surface area contributed by atoms with Crippen LogP contribution in [0.3, 0.4) is 0 Å². The summed E-state index contributed by atoms with van der Waals surface area (Å²) >= 11 is 10.5. The number of carbonyl (C=O) groups excluding carboxylic acids is 1. The highest BCUT2D eigenvalue weighted by Gasteiger charge is 2.13. The molecule has 2 aromatic heterocycles. The molecule has 2 rings (SSSR count). The molecule has 0 radical (unpaired) electrons. The summed E-state index contributed by atoms with van der Waals surface area (Å²) < 4.78 is 0.842. The minimum Gasteiger partial charge on any atom is -0.373 e. The van der Waals surface area contributed by atoms with Crippen LogP contribution in [0.2, 0.25) is 5.02 Å². The van der Waals surface area contributed by atoms with E-state index in [0.717, 1.165) is 3.79 Å². The van der Waals surface area contributed by atoms with E-state index < -0.39 is 0 Å². The standard InChI is InChI=1S/C10H8BrClN4OS/c1-13-8-2-5(6(12)3-14-8)9(17)16-10-15-4-7(11)18-10/h2-4H,1H3,(H,13,14)(H,15,16,17). The van der Waals surface area contributed by atoms with Crippen molar-refractivity contribution >= 4 is 55.7 Å². The van der Waals surface area contributed by atoms with E-state index in [4.69, 9.17) is 11.6 Å². The van der Waals surface area contributed by atoms with Crippen LogP contribution in [0.15, 0.2) is 22.2 Å². The van der Waals surface area contributed by atoms with Gasteiger partial charge in [0, 0.05) is 13.2 Å². The predicted octanol–water partition coefficient (Wildman–Crippen LogP) is 3.25. The van der Waals surface area contributed by atoms with Crippen LogP contribution in [-0.2, 0) is 0 Å². The Balaban J connectivity index is 2.23. The molecule has 0 aliphatic heterocycles. The summed E-state index contributed by atoms with van der Waals surface area (Å²) in [4.78, 5) is 20.0. The van der Waals surface area contributed by atoms with Crippen LogP contribution in [0.25, 0.3) is 0 Å². The second kappa shape index (κ2) is 5.64. The third kappa shape index (κ3) is 2.98. The van der Waals surface area contributed by atoms with E-state index in [9.17, 15) is 4.79 Å². The number of aromatic nitrogens is 2. The van der Waals surface area contributed by atoms with Crippen molar-refractivity contribution < 1.29 is 4.79 Å². The number of rotatable bonds is 3. The Morgan fingerprint density at radius 1 is 1.44 bits per heavy atom. The van der Waals surface area contributed by atoms with Crippen LogP contribution in [0.1, 0.15) is 10.4 Å². The van der Waals surface area contributed by atoms with Crippen molar-refractivity contribution in [3.05, 3.63) is 32.8 Å². The molecule has 0 aromatic carbocycles. The van der Waals surface area contributed by atoms with Gasteiger partial charge in [-0.2, -0.15) is 0 Å². The quantitative estimate of drug-likeness (QED) is 0.894.